The zero-order valence-corrected chi connectivity index (χ0v) is 16.2. The van der Waals surface area contributed by atoms with Crippen molar-refractivity contribution in [2.24, 2.45) is 5.92 Å². The maximum atomic E-state index is 13.0. The summed E-state index contributed by atoms with van der Waals surface area (Å²) in [6.45, 7) is 2.24. The van der Waals surface area contributed by atoms with Gasteiger partial charge in [0, 0.05) is 5.02 Å². The average Bonchev–Trinajstić information content (AvgIpc) is 2.60. The first-order chi connectivity index (χ1) is 12.0. The largest absolute Gasteiger partial charge is 0.496 e. The summed E-state index contributed by atoms with van der Waals surface area (Å²) in [5, 5.41) is 0.561. The maximum absolute atomic E-state index is 13.0. The van der Waals surface area contributed by atoms with Crippen molar-refractivity contribution in [3.05, 3.63) is 46.5 Å². The molecule has 2 aromatic carbocycles. The van der Waals surface area contributed by atoms with Crippen LogP contribution in [0.3, 0.4) is 0 Å². The molecule has 2 aromatic rings. The summed E-state index contributed by atoms with van der Waals surface area (Å²) in [5.74, 6) is 2.09. The van der Waals surface area contributed by atoms with E-state index in [-0.39, 0.29) is 0 Å². The van der Waals surface area contributed by atoms with Gasteiger partial charge in [-0.15, -0.1) is 0 Å². The van der Waals surface area contributed by atoms with Gasteiger partial charge in [0.05, 0.1) is 24.8 Å². The van der Waals surface area contributed by atoms with Crippen molar-refractivity contribution < 1.29 is 13.7 Å². The summed E-state index contributed by atoms with van der Waals surface area (Å²) in [5.41, 5.74) is 2.92. The van der Waals surface area contributed by atoms with Crippen LogP contribution in [0.2, 0.25) is 5.02 Å². The van der Waals surface area contributed by atoms with E-state index in [1.807, 2.05) is 12.1 Å². The summed E-state index contributed by atoms with van der Waals surface area (Å²) in [6.07, 6.45) is 2.94. The van der Waals surface area contributed by atoms with Gasteiger partial charge in [-0.25, -0.2) is 4.21 Å². The molecule has 0 spiro atoms. The van der Waals surface area contributed by atoms with Crippen molar-refractivity contribution in [3.63, 3.8) is 0 Å². The first-order valence-electron chi connectivity index (χ1n) is 8.24. The number of hydrogen-bond acceptors (Lipinski definition) is 3. The molecule has 25 heavy (non-hydrogen) atoms. The maximum Gasteiger partial charge on any atom is 0.150 e. The topological polar surface area (TPSA) is 47.6 Å². The van der Waals surface area contributed by atoms with E-state index in [0.29, 0.717) is 22.4 Å². The van der Waals surface area contributed by atoms with Crippen LogP contribution in [0.5, 0.6) is 11.5 Å². The van der Waals surface area contributed by atoms with Crippen molar-refractivity contribution in [2.75, 3.05) is 18.9 Å². The first-order valence-corrected chi connectivity index (χ1v) is 9.77. The number of rotatable bonds is 5. The van der Waals surface area contributed by atoms with Gasteiger partial charge in [0.2, 0.25) is 0 Å². The molecule has 0 bridgehead atoms. The molecule has 1 N–H and O–H groups in total. The van der Waals surface area contributed by atoms with Crippen LogP contribution in [-0.2, 0) is 23.8 Å². The SMILES string of the molecule is COc1ccc(Cl)cc1NS(=O)c1ccc(OC)c2c1CCC(C)C2. The highest BCUT2D eigenvalue weighted by atomic mass is 35.5. The second kappa shape index (κ2) is 7.67. The molecule has 0 aromatic heterocycles. The van der Waals surface area contributed by atoms with Crippen LogP contribution >= 0.6 is 11.6 Å². The number of benzene rings is 2. The number of halogens is 1. The first kappa shape index (κ1) is 18.1. The smallest absolute Gasteiger partial charge is 0.150 e. The normalized spacial score (nSPS) is 17.5. The highest BCUT2D eigenvalue weighted by Gasteiger charge is 2.24. The van der Waals surface area contributed by atoms with Crippen molar-refractivity contribution in [1.82, 2.24) is 0 Å². The van der Waals surface area contributed by atoms with Gasteiger partial charge in [0.25, 0.3) is 0 Å². The van der Waals surface area contributed by atoms with E-state index in [1.54, 1.807) is 32.4 Å². The Morgan fingerprint density at radius 2 is 1.84 bits per heavy atom. The molecule has 0 heterocycles. The highest BCUT2D eigenvalue weighted by molar-refractivity contribution is 7.86. The Hall–Kier alpha value is -1.72. The molecule has 2 unspecified atom stereocenters. The lowest BCUT2D eigenvalue weighted by molar-refractivity contribution is 0.395. The van der Waals surface area contributed by atoms with E-state index >= 15 is 0 Å². The lowest BCUT2D eigenvalue weighted by Crippen LogP contribution is -2.17. The molecule has 0 radical (unpaired) electrons. The van der Waals surface area contributed by atoms with Crippen LogP contribution in [0.15, 0.2) is 35.2 Å². The van der Waals surface area contributed by atoms with Crippen LogP contribution in [-0.4, -0.2) is 18.4 Å². The molecule has 1 aliphatic rings. The van der Waals surface area contributed by atoms with Gasteiger partial charge in [-0.2, -0.15) is 0 Å². The third-order valence-electron chi connectivity index (χ3n) is 4.57. The molecule has 1 aliphatic carbocycles. The minimum absolute atomic E-state index is 0.561. The predicted molar refractivity (Wildman–Crippen MR) is 102 cm³/mol. The standard InChI is InChI=1S/C19H22ClNO3S/c1-12-4-6-14-15(10-12)17(23-2)8-9-19(14)25(22)21-16-11-13(20)5-7-18(16)24-3/h5,7-9,11-12,21H,4,6,10H2,1-3H3. The van der Waals surface area contributed by atoms with Gasteiger partial charge in [-0.1, -0.05) is 18.5 Å². The fourth-order valence-corrected chi connectivity index (χ4v) is 4.55. The molecule has 0 aliphatic heterocycles. The zero-order chi connectivity index (χ0) is 18.0. The Bertz CT molecular complexity index is 809. The highest BCUT2D eigenvalue weighted by Crippen LogP contribution is 2.36. The third-order valence-corrected chi connectivity index (χ3v) is 5.99. The molecule has 0 amide bonds. The number of nitrogens with one attached hydrogen (secondary N) is 1. The number of hydrogen-bond donors (Lipinski definition) is 1. The molecule has 0 saturated carbocycles. The molecule has 134 valence electrons. The van der Waals surface area contributed by atoms with E-state index in [2.05, 4.69) is 11.6 Å². The summed E-state index contributed by atoms with van der Waals surface area (Å²) in [7, 11) is 1.85. The summed E-state index contributed by atoms with van der Waals surface area (Å²) < 4.78 is 26.9. The van der Waals surface area contributed by atoms with Crippen LogP contribution < -0.4 is 14.2 Å². The van der Waals surface area contributed by atoms with E-state index < -0.39 is 11.0 Å². The lowest BCUT2D eigenvalue weighted by Gasteiger charge is -2.25. The van der Waals surface area contributed by atoms with Crippen LogP contribution in [0.25, 0.3) is 0 Å². The predicted octanol–water partition coefficient (Wildman–Crippen LogP) is 4.62. The van der Waals surface area contributed by atoms with Crippen LogP contribution in [0.4, 0.5) is 5.69 Å². The Morgan fingerprint density at radius 3 is 2.56 bits per heavy atom. The quantitative estimate of drug-likeness (QED) is 0.824. The van der Waals surface area contributed by atoms with Gasteiger partial charge in [-0.3, -0.25) is 4.72 Å². The second-order valence-electron chi connectivity index (χ2n) is 6.29. The van der Waals surface area contributed by atoms with Crippen molar-refractivity contribution in [2.45, 2.75) is 31.1 Å². The summed E-state index contributed by atoms with van der Waals surface area (Å²) in [6, 6.07) is 9.00. The molecule has 6 heteroatoms. The Kier molecular flexibility index (Phi) is 5.54. The monoisotopic (exact) mass is 379 g/mol. The van der Waals surface area contributed by atoms with Crippen molar-refractivity contribution in [1.29, 1.82) is 0 Å². The lowest BCUT2D eigenvalue weighted by atomic mass is 9.84. The van der Waals surface area contributed by atoms with Gasteiger partial charge in [0.15, 0.2) is 11.0 Å². The Morgan fingerprint density at radius 1 is 1.12 bits per heavy atom. The van der Waals surface area contributed by atoms with Crippen LogP contribution in [0, 0.1) is 5.92 Å². The summed E-state index contributed by atoms with van der Waals surface area (Å²) in [4.78, 5) is 0.796. The number of ether oxygens (including phenoxy) is 2. The van der Waals surface area contributed by atoms with Gasteiger partial charge in [-0.05, 0) is 66.6 Å². The van der Waals surface area contributed by atoms with Gasteiger partial charge in [0.1, 0.15) is 11.5 Å². The summed E-state index contributed by atoms with van der Waals surface area (Å²) >= 11 is 6.06. The van der Waals surface area contributed by atoms with Crippen LogP contribution in [0.1, 0.15) is 24.5 Å². The van der Waals surface area contributed by atoms with E-state index in [0.717, 1.165) is 35.5 Å². The van der Waals surface area contributed by atoms with E-state index in [1.165, 1.54) is 5.56 Å². The van der Waals surface area contributed by atoms with Gasteiger partial charge >= 0.3 is 0 Å². The number of fused-ring (bicyclic) bond motifs is 1. The van der Waals surface area contributed by atoms with Crippen molar-refractivity contribution in [3.8, 4) is 11.5 Å². The average molecular weight is 380 g/mol. The van der Waals surface area contributed by atoms with Crippen molar-refractivity contribution >= 4 is 28.3 Å². The molecule has 3 rings (SSSR count). The fraction of sp³-hybridized carbons (Fsp3) is 0.368. The molecule has 2 atom stereocenters. The third kappa shape index (κ3) is 3.77. The second-order valence-corrected chi connectivity index (χ2v) is 7.90. The number of anilines is 1. The molecular formula is C19H22ClNO3S. The zero-order valence-electron chi connectivity index (χ0n) is 14.6. The Labute approximate surface area is 156 Å². The van der Waals surface area contributed by atoms with Gasteiger partial charge < -0.3 is 9.47 Å². The molecule has 0 saturated heterocycles. The number of methoxy groups -OCH3 is 2. The molecule has 0 fully saturated rings. The minimum atomic E-state index is -1.41. The fourth-order valence-electron chi connectivity index (χ4n) is 3.27. The Balaban J connectivity index is 1.96. The minimum Gasteiger partial charge on any atom is -0.496 e. The van der Waals surface area contributed by atoms with E-state index in [4.69, 9.17) is 21.1 Å². The van der Waals surface area contributed by atoms with E-state index in [9.17, 15) is 4.21 Å². The molecular weight excluding hydrogens is 358 g/mol. The molecule has 4 nitrogen and oxygen atoms in total.